The number of anilines is 3. The summed E-state index contributed by atoms with van der Waals surface area (Å²) >= 11 is 0. The van der Waals surface area contributed by atoms with Crippen molar-refractivity contribution < 1.29 is 18.9 Å². The lowest BCUT2D eigenvalue weighted by atomic mass is 10.1. The Labute approximate surface area is 216 Å². The number of benzene rings is 2. The van der Waals surface area contributed by atoms with Crippen LogP contribution < -0.4 is 24.8 Å². The van der Waals surface area contributed by atoms with Gasteiger partial charge in [-0.05, 0) is 36.4 Å². The molecule has 0 atom stereocenters. The van der Waals surface area contributed by atoms with Crippen molar-refractivity contribution in [3.63, 3.8) is 0 Å². The third-order valence-corrected chi connectivity index (χ3v) is 6.37. The number of ether oxygens (including phenoxy) is 4. The van der Waals surface area contributed by atoms with Crippen LogP contribution >= 0.6 is 0 Å². The summed E-state index contributed by atoms with van der Waals surface area (Å²) in [6, 6.07) is 13.6. The highest BCUT2D eigenvalue weighted by Crippen LogP contribution is 2.33. The topological polar surface area (TPSA) is 94.4 Å². The SMILES string of the molecule is COc1ccc(Nc2nc(-c3ccc(OC)c(OC)c3)cc3nccn23)cc1NCCN1CCOCC1. The number of rotatable bonds is 10. The highest BCUT2D eigenvalue weighted by molar-refractivity contribution is 5.72. The lowest BCUT2D eigenvalue weighted by Crippen LogP contribution is -2.39. The van der Waals surface area contributed by atoms with Gasteiger partial charge in [0.1, 0.15) is 11.4 Å². The van der Waals surface area contributed by atoms with E-state index in [9.17, 15) is 0 Å². The van der Waals surface area contributed by atoms with E-state index < -0.39 is 0 Å². The van der Waals surface area contributed by atoms with Gasteiger partial charge in [0.05, 0.1) is 45.9 Å². The van der Waals surface area contributed by atoms with Crippen molar-refractivity contribution in [2.45, 2.75) is 0 Å². The zero-order valence-electron chi connectivity index (χ0n) is 21.4. The summed E-state index contributed by atoms with van der Waals surface area (Å²) in [4.78, 5) is 11.8. The average Bonchev–Trinajstić information content (AvgIpc) is 3.43. The number of aromatic nitrogens is 3. The molecule has 194 valence electrons. The molecule has 0 unspecified atom stereocenters. The molecule has 0 aliphatic carbocycles. The molecule has 5 rings (SSSR count). The third-order valence-electron chi connectivity index (χ3n) is 6.37. The summed E-state index contributed by atoms with van der Waals surface area (Å²) < 4.78 is 23.8. The molecule has 10 heteroatoms. The predicted molar refractivity (Wildman–Crippen MR) is 144 cm³/mol. The molecule has 1 saturated heterocycles. The van der Waals surface area contributed by atoms with Gasteiger partial charge in [0.15, 0.2) is 11.5 Å². The van der Waals surface area contributed by atoms with Crippen LogP contribution in [-0.4, -0.2) is 80.0 Å². The summed E-state index contributed by atoms with van der Waals surface area (Å²) in [7, 11) is 4.92. The molecule has 0 radical (unpaired) electrons. The van der Waals surface area contributed by atoms with Crippen LogP contribution in [0.4, 0.5) is 17.3 Å². The Balaban J connectivity index is 1.40. The molecule has 2 N–H and O–H groups in total. The molecule has 1 fully saturated rings. The normalized spacial score (nSPS) is 13.9. The average molecular weight is 505 g/mol. The minimum Gasteiger partial charge on any atom is -0.495 e. The molecule has 1 aliphatic heterocycles. The molecular weight excluding hydrogens is 472 g/mol. The zero-order chi connectivity index (χ0) is 25.6. The van der Waals surface area contributed by atoms with Crippen molar-refractivity contribution in [3.8, 4) is 28.5 Å². The molecule has 0 bridgehead atoms. The van der Waals surface area contributed by atoms with Crippen LogP contribution in [-0.2, 0) is 4.74 Å². The summed E-state index contributed by atoms with van der Waals surface area (Å²) in [6.45, 7) is 5.25. The fraction of sp³-hybridized carbons (Fsp3) is 0.333. The van der Waals surface area contributed by atoms with E-state index in [0.29, 0.717) is 17.4 Å². The van der Waals surface area contributed by atoms with Gasteiger partial charge in [-0.25, -0.2) is 9.97 Å². The summed E-state index contributed by atoms with van der Waals surface area (Å²) in [5.41, 5.74) is 4.23. The maximum Gasteiger partial charge on any atom is 0.213 e. The highest BCUT2D eigenvalue weighted by atomic mass is 16.5. The predicted octanol–water partition coefficient (Wildman–Crippen LogP) is 3.91. The molecule has 2 aromatic carbocycles. The van der Waals surface area contributed by atoms with E-state index in [1.54, 1.807) is 27.5 Å². The van der Waals surface area contributed by atoms with Crippen LogP contribution in [0, 0.1) is 0 Å². The van der Waals surface area contributed by atoms with Gasteiger partial charge in [-0.3, -0.25) is 9.30 Å². The van der Waals surface area contributed by atoms with Crippen LogP contribution in [0.1, 0.15) is 0 Å². The van der Waals surface area contributed by atoms with E-state index in [1.807, 2.05) is 53.1 Å². The van der Waals surface area contributed by atoms with E-state index >= 15 is 0 Å². The second kappa shape index (κ2) is 11.4. The number of fused-ring (bicyclic) bond motifs is 1. The Bertz CT molecular complexity index is 1350. The second-order valence-corrected chi connectivity index (χ2v) is 8.61. The van der Waals surface area contributed by atoms with E-state index in [0.717, 1.165) is 73.4 Å². The summed E-state index contributed by atoms with van der Waals surface area (Å²) in [5.74, 6) is 2.73. The fourth-order valence-corrected chi connectivity index (χ4v) is 4.38. The Morgan fingerprint density at radius 2 is 1.70 bits per heavy atom. The van der Waals surface area contributed by atoms with Gasteiger partial charge in [0.2, 0.25) is 5.95 Å². The van der Waals surface area contributed by atoms with E-state index in [-0.39, 0.29) is 0 Å². The zero-order valence-corrected chi connectivity index (χ0v) is 21.4. The number of imidazole rings is 1. The maximum atomic E-state index is 5.59. The Morgan fingerprint density at radius 1 is 0.919 bits per heavy atom. The van der Waals surface area contributed by atoms with Gasteiger partial charge in [-0.15, -0.1) is 0 Å². The summed E-state index contributed by atoms with van der Waals surface area (Å²) in [5, 5.41) is 6.98. The van der Waals surface area contributed by atoms with Crippen molar-refractivity contribution in [1.82, 2.24) is 19.3 Å². The van der Waals surface area contributed by atoms with Gasteiger partial charge in [0, 0.05) is 55.9 Å². The van der Waals surface area contributed by atoms with Crippen LogP contribution in [0.15, 0.2) is 54.9 Å². The standard InChI is InChI=1S/C27H32N6O4/c1-34-23-7-5-20(17-22(23)28-8-10-32-12-14-37-15-13-32)30-27-31-21(18-26-29-9-11-33(26)27)19-4-6-24(35-2)25(16-19)36-3/h4-7,9,11,16-18,28H,8,10,12-15H2,1-3H3,(H,30,31). The molecule has 1 aliphatic rings. The Morgan fingerprint density at radius 3 is 2.49 bits per heavy atom. The highest BCUT2D eigenvalue weighted by Gasteiger charge is 2.14. The largest absolute Gasteiger partial charge is 0.495 e. The minimum absolute atomic E-state index is 0.641. The molecule has 3 heterocycles. The van der Waals surface area contributed by atoms with Gasteiger partial charge in [0.25, 0.3) is 0 Å². The number of nitrogens with one attached hydrogen (secondary N) is 2. The molecule has 0 spiro atoms. The lowest BCUT2D eigenvalue weighted by Gasteiger charge is -2.26. The van der Waals surface area contributed by atoms with Gasteiger partial charge in [-0.2, -0.15) is 0 Å². The first-order valence-corrected chi connectivity index (χ1v) is 12.2. The third kappa shape index (κ3) is 5.55. The lowest BCUT2D eigenvalue weighted by molar-refractivity contribution is 0.0398. The van der Waals surface area contributed by atoms with Gasteiger partial charge < -0.3 is 29.6 Å². The first kappa shape index (κ1) is 24.7. The van der Waals surface area contributed by atoms with Crippen LogP contribution in [0.3, 0.4) is 0 Å². The van der Waals surface area contributed by atoms with Crippen molar-refractivity contribution in [2.24, 2.45) is 0 Å². The number of morpholine rings is 1. The molecular formula is C27H32N6O4. The quantitative estimate of drug-likeness (QED) is 0.333. The fourth-order valence-electron chi connectivity index (χ4n) is 4.38. The molecule has 10 nitrogen and oxygen atoms in total. The Kier molecular flexibility index (Phi) is 7.57. The van der Waals surface area contributed by atoms with Crippen LogP contribution in [0.25, 0.3) is 16.9 Å². The molecule has 2 aromatic heterocycles. The number of methoxy groups -OCH3 is 3. The van der Waals surface area contributed by atoms with Gasteiger partial charge in [-0.1, -0.05) is 0 Å². The van der Waals surface area contributed by atoms with Gasteiger partial charge >= 0.3 is 0 Å². The van der Waals surface area contributed by atoms with Crippen LogP contribution in [0.5, 0.6) is 17.2 Å². The van der Waals surface area contributed by atoms with Crippen molar-refractivity contribution in [1.29, 1.82) is 0 Å². The number of hydrogen-bond acceptors (Lipinski definition) is 9. The van der Waals surface area contributed by atoms with E-state index in [4.69, 9.17) is 23.9 Å². The minimum atomic E-state index is 0.641. The van der Waals surface area contributed by atoms with Crippen molar-refractivity contribution >= 4 is 23.0 Å². The molecule has 0 saturated carbocycles. The first-order chi connectivity index (χ1) is 18.2. The van der Waals surface area contributed by atoms with E-state index in [2.05, 4.69) is 20.5 Å². The maximum absolute atomic E-state index is 5.59. The van der Waals surface area contributed by atoms with Crippen molar-refractivity contribution in [2.75, 3.05) is 71.4 Å². The summed E-state index contributed by atoms with van der Waals surface area (Å²) in [6.07, 6.45) is 3.64. The van der Waals surface area contributed by atoms with Crippen molar-refractivity contribution in [3.05, 3.63) is 54.9 Å². The Hall–Kier alpha value is -4.02. The monoisotopic (exact) mass is 504 g/mol. The van der Waals surface area contributed by atoms with E-state index in [1.165, 1.54) is 0 Å². The molecule has 37 heavy (non-hydrogen) atoms. The second-order valence-electron chi connectivity index (χ2n) is 8.61. The smallest absolute Gasteiger partial charge is 0.213 e. The number of hydrogen-bond donors (Lipinski definition) is 2. The molecule has 0 amide bonds. The molecule has 4 aromatic rings. The first-order valence-electron chi connectivity index (χ1n) is 12.2. The van der Waals surface area contributed by atoms with Crippen LogP contribution in [0.2, 0.25) is 0 Å². The number of nitrogens with zero attached hydrogens (tertiary/aromatic N) is 4.